The van der Waals surface area contributed by atoms with Gasteiger partial charge in [-0.15, -0.1) is 0 Å². The average Bonchev–Trinajstić information content (AvgIpc) is 2.15. The van der Waals surface area contributed by atoms with E-state index in [9.17, 15) is 13.2 Å². The Hall–Kier alpha value is 1.58. The van der Waals surface area contributed by atoms with Crippen LogP contribution in [-0.4, -0.2) is 46.4 Å². The zero-order valence-electron chi connectivity index (χ0n) is 16.3. The molecule has 4 nitrogen and oxygen atoms in total. The second-order valence-electron chi connectivity index (χ2n) is 7.93. The van der Waals surface area contributed by atoms with E-state index < -0.39 is 52.8 Å². The van der Waals surface area contributed by atoms with Gasteiger partial charge in [-0.1, -0.05) is 33.2 Å². The van der Waals surface area contributed by atoms with Crippen molar-refractivity contribution in [1.29, 1.82) is 0 Å². The van der Waals surface area contributed by atoms with Crippen molar-refractivity contribution in [3.63, 3.8) is 0 Å². The van der Waals surface area contributed by atoms with E-state index in [2.05, 4.69) is 0 Å². The summed E-state index contributed by atoms with van der Waals surface area (Å²) in [5.74, 6) is 0. The fraction of sp³-hybridized carbons (Fsp3) is 1.00. The molecule has 0 atom stereocenters. The van der Waals surface area contributed by atoms with Crippen LogP contribution in [0.15, 0.2) is 0 Å². The molecule has 0 aliphatic heterocycles. The van der Waals surface area contributed by atoms with E-state index in [0.29, 0.717) is 0 Å². The van der Waals surface area contributed by atoms with Crippen molar-refractivity contribution >= 4 is 73.5 Å². The number of hydrogen-bond donors (Lipinski definition) is 0. The Morgan fingerprint density at radius 3 is 1.35 bits per heavy atom. The largest absolute Gasteiger partial charge is 0.485 e. The highest BCUT2D eigenvalue weighted by atomic mass is 35.8. The number of hydrogen-bond acceptors (Lipinski definition) is 4. The van der Waals surface area contributed by atoms with Crippen LogP contribution in [0.3, 0.4) is 0 Å². The minimum atomic E-state index is -4.19. The Bertz CT molecular complexity index is 473. The van der Waals surface area contributed by atoms with E-state index in [4.69, 9.17) is 49.7 Å². The highest BCUT2D eigenvalue weighted by molar-refractivity contribution is 7.62. The number of alkyl halides is 3. The molecule has 0 rings (SSSR count). The van der Waals surface area contributed by atoms with Gasteiger partial charge in [-0.2, -0.15) is 13.2 Å². The smallest absolute Gasteiger partial charge is 0.436 e. The van der Waals surface area contributed by atoms with Crippen molar-refractivity contribution in [1.82, 2.24) is 0 Å². The predicted octanol–water partition coefficient (Wildman–Crippen LogP) is 6.47. The highest BCUT2D eigenvalue weighted by Crippen LogP contribution is 2.32. The topological polar surface area (TPSA) is 36.9 Å². The quantitative estimate of drug-likeness (QED) is 0.241. The van der Waals surface area contributed by atoms with Crippen LogP contribution in [0.4, 0.5) is 13.2 Å². The molecule has 15 heteroatoms. The average molecular weight is 528 g/mol. The standard InChI is InChI=1S/C11H28Cl3F3O4Si5/c1-22(2,10-9-11(15,16)17)18-23(3,4)19-24(5,6)20-25(7,8)21-26(12,13)14/h9-10H2,1-8H3. The lowest BCUT2D eigenvalue weighted by Gasteiger charge is -2.41. The maximum atomic E-state index is 12.5. The van der Waals surface area contributed by atoms with E-state index in [1.807, 2.05) is 26.2 Å². The molecule has 0 amide bonds. The first-order chi connectivity index (χ1) is 11.0. The fourth-order valence-corrected chi connectivity index (χ4v) is 27.6. The van der Waals surface area contributed by atoms with Crippen molar-refractivity contribution in [2.75, 3.05) is 0 Å². The van der Waals surface area contributed by atoms with Gasteiger partial charge in [0.25, 0.3) is 0 Å². The van der Waals surface area contributed by atoms with Crippen molar-refractivity contribution in [2.45, 2.75) is 71.0 Å². The molecule has 158 valence electrons. The summed E-state index contributed by atoms with van der Waals surface area (Å²) in [6.45, 7) is 14.3. The maximum absolute atomic E-state index is 12.5. The molecule has 0 radical (unpaired) electrons. The normalized spacial score (nSPS) is 15.5. The van der Waals surface area contributed by atoms with Crippen LogP contribution >= 0.6 is 33.2 Å². The Balaban J connectivity index is 4.94. The molecule has 0 unspecified atom stereocenters. The van der Waals surface area contributed by atoms with Gasteiger partial charge in [0.2, 0.25) is 0 Å². The van der Waals surface area contributed by atoms with Gasteiger partial charge >= 0.3 is 38.1 Å². The SMILES string of the molecule is C[Si](C)(CCC(F)(F)F)O[Si](C)(C)O[Si](C)(C)O[Si](C)(C)O[Si](Cl)(Cl)Cl. The first-order valence-corrected chi connectivity index (χ1v) is 24.5. The molecule has 0 aromatic heterocycles. The summed E-state index contributed by atoms with van der Waals surface area (Å²) >= 11 is 17.4. The Labute approximate surface area is 173 Å². The van der Waals surface area contributed by atoms with E-state index in [0.717, 1.165) is 0 Å². The summed E-state index contributed by atoms with van der Waals surface area (Å²) in [6, 6.07) is -0.0126. The molecule has 0 heterocycles. The zero-order valence-corrected chi connectivity index (χ0v) is 23.6. The van der Waals surface area contributed by atoms with Crippen molar-refractivity contribution in [2.24, 2.45) is 0 Å². The predicted molar refractivity (Wildman–Crippen MR) is 113 cm³/mol. The third-order valence-electron chi connectivity index (χ3n) is 2.88. The van der Waals surface area contributed by atoms with Crippen LogP contribution in [0.2, 0.25) is 58.4 Å². The molecule has 0 fully saturated rings. The third-order valence-corrected chi connectivity index (χ3v) is 21.3. The van der Waals surface area contributed by atoms with Crippen molar-refractivity contribution in [3.8, 4) is 0 Å². The van der Waals surface area contributed by atoms with Gasteiger partial charge in [-0.3, -0.25) is 0 Å². The zero-order chi connectivity index (χ0) is 21.2. The van der Waals surface area contributed by atoms with Gasteiger partial charge in [-0.05, 0) is 58.4 Å². The molecule has 0 aliphatic rings. The van der Waals surface area contributed by atoms with Gasteiger partial charge in [-0.25, -0.2) is 0 Å². The van der Waals surface area contributed by atoms with Gasteiger partial charge in [0.05, 0.1) is 0 Å². The van der Waals surface area contributed by atoms with Crippen LogP contribution in [0.25, 0.3) is 0 Å². The molecule has 0 saturated carbocycles. The van der Waals surface area contributed by atoms with Crippen LogP contribution in [0.5, 0.6) is 0 Å². The van der Waals surface area contributed by atoms with E-state index in [1.54, 1.807) is 26.2 Å². The minimum absolute atomic E-state index is 0.0126. The summed E-state index contributed by atoms with van der Waals surface area (Å²) < 4.78 is 61.4. The summed E-state index contributed by atoms with van der Waals surface area (Å²) in [5, 5.41) is 0. The lowest BCUT2D eigenvalue weighted by Crippen LogP contribution is -2.57. The van der Waals surface area contributed by atoms with Crippen LogP contribution < -0.4 is 0 Å². The molecular formula is C11H28Cl3F3O4Si5. The Kier molecular flexibility index (Phi) is 9.72. The van der Waals surface area contributed by atoms with Crippen LogP contribution in [0, 0.1) is 0 Å². The van der Waals surface area contributed by atoms with Crippen LogP contribution in [-0.2, 0) is 16.5 Å². The molecule has 0 spiro atoms. The van der Waals surface area contributed by atoms with Gasteiger partial charge in [0.1, 0.15) is 0 Å². The Morgan fingerprint density at radius 2 is 1.00 bits per heavy atom. The number of rotatable bonds is 10. The van der Waals surface area contributed by atoms with Crippen molar-refractivity contribution in [3.05, 3.63) is 0 Å². The second-order valence-corrected chi connectivity index (χ2v) is 31.0. The summed E-state index contributed by atoms with van der Waals surface area (Å²) in [4.78, 5) is 0. The molecule has 0 N–H and O–H groups in total. The minimum Gasteiger partial charge on any atom is -0.436 e. The first kappa shape index (κ1) is 27.6. The lowest BCUT2D eigenvalue weighted by atomic mass is 10.5. The molecular weight excluding hydrogens is 500 g/mol. The van der Waals surface area contributed by atoms with E-state index in [1.165, 1.54) is 0 Å². The summed E-state index contributed by atoms with van der Waals surface area (Å²) in [7, 11) is -10.7. The summed E-state index contributed by atoms with van der Waals surface area (Å²) in [6.07, 6.45) is -8.36. The van der Waals surface area contributed by atoms with Gasteiger partial charge in [0, 0.05) is 6.42 Å². The summed E-state index contributed by atoms with van der Waals surface area (Å²) in [5.41, 5.74) is 0. The maximum Gasteiger partial charge on any atom is 0.485 e. The third kappa shape index (κ3) is 14.6. The molecule has 0 aromatic rings. The molecule has 26 heavy (non-hydrogen) atoms. The fourth-order valence-electron chi connectivity index (χ4n) is 2.68. The van der Waals surface area contributed by atoms with Crippen molar-refractivity contribution < 1.29 is 29.6 Å². The monoisotopic (exact) mass is 526 g/mol. The second kappa shape index (κ2) is 9.16. The Morgan fingerprint density at radius 1 is 0.654 bits per heavy atom. The van der Waals surface area contributed by atoms with E-state index >= 15 is 0 Å². The molecule has 0 aliphatic carbocycles. The van der Waals surface area contributed by atoms with E-state index in [-0.39, 0.29) is 6.04 Å². The van der Waals surface area contributed by atoms with Gasteiger partial charge < -0.3 is 16.5 Å². The number of halogens is 6. The molecule has 0 saturated heterocycles. The highest BCUT2D eigenvalue weighted by Gasteiger charge is 2.47. The molecule has 0 aromatic carbocycles. The van der Waals surface area contributed by atoms with Crippen LogP contribution in [0.1, 0.15) is 6.42 Å². The lowest BCUT2D eigenvalue weighted by molar-refractivity contribution is -0.131. The van der Waals surface area contributed by atoms with Gasteiger partial charge in [0.15, 0.2) is 8.32 Å². The first-order valence-electron chi connectivity index (χ1n) is 7.97. The molecule has 0 bridgehead atoms.